The van der Waals surface area contributed by atoms with Gasteiger partial charge in [0.2, 0.25) is 10.0 Å². The molecule has 2 heterocycles. The number of fused-ring (bicyclic) bond motifs is 1. The maximum atomic E-state index is 15.5. The van der Waals surface area contributed by atoms with Crippen molar-refractivity contribution in [3.8, 4) is 39.8 Å². The molecule has 0 bridgehead atoms. The van der Waals surface area contributed by atoms with Gasteiger partial charge in [-0.1, -0.05) is 54.6 Å². The van der Waals surface area contributed by atoms with Crippen LogP contribution in [0.3, 0.4) is 0 Å². The summed E-state index contributed by atoms with van der Waals surface area (Å²) in [6, 6.07) is 26.9. The number of hydrogen-bond acceptors (Lipinski definition) is 11. The molecule has 0 saturated heterocycles. The van der Waals surface area contributed by atoms with Gasteiger partial charge >= 0.3 is 6.18 Å². The molecular weight excluding hydrogens is 794 g/mol. The van der Waals surface area contributed by atoms with Crippen LogP contribution in [0.5, 0.6) is 17.2 Å². The number of methoxy groups -OCH3 is 3. The molecule has 0 aliphatic heterocycles. The fraction of sp³-hybridized carbons (Fsp3) is 0.175. The van der Waals surface area contributed by atoms with E-state index < -0.39 is 32.2 Å². The molecule has 0 amide bonds. The number of thiazole rings is 1. The van der Waals surface area contributed by atoms with Crippen molar-refractivity contribution in [1.29, 1.82) is 5.41 Å². The number of ether oxygens (including phenoxy) is 3. The Kier molecular flexibility index (Phi) is 11.2. The average molecular weight is 829 g/mol. The van der Waals surface area contributed by atoms with Crippen molar-refractivity contribution in [2.24, 2.45) is 5.73 Å². The average Bonchev–Trinajstić information content (AvgIpc) is 3.88. The van der Waals surface area contributed by atoms with Crippen LogP contribution < -0.4 is 19.9 Å². The Hall–Kier alpha value is -6.37. The van der Waals surface area contributed by atoms with Gasteiger partial charge in [0.15, 0.2) is 16.7 Å². The molecule has 0 spiro atoms. The van der Waals surface area contributed by atoms with Gasteiger partial charge in [0.1, 0.15) is 22.1 Å². The van der Waals surface area contributed by atoms with Crippen molar-refractivity contribution in [3.63, 3.8) is 0 Å². The predicted molar refractivity (Wildman–Crippen MR) is 212 cm³/mol. The molecule has 13 nitrogen and oxygen atoms in total. The highest BCUT2D eigenvalue weighted by atomic mass is 32.2. The zero-order valence-corrected chi connectivity index (χ0v) is 32.8. The number of rotatable bonds is 14. The molecular formula is C40H35F3N8O5S2. The van der Waals surface area contributed by atoms with Gasteiger partial charge in [-0.3, -0.25) is 5.41 Å². The van der Waals surface area contributed by atoms with Crippen LogP contribution in [0.25, 0.3) is 32.7 Å². The van der Waals surface area contributed by atoms with Gasteiger partial charge in [-0.05, 0) is 81.2 Å². The van der Waals surface area contributed by atoms with E-state index in [1.54, 1.807) is 91.0 Å². The number of nitrogens with zero attached hydrogens (tertiary/aromatic N) is 6. The van der Waals surface area contributed by atoms with Gasteiger partial charge in [0, 0.05) is 24.2 Å². The first-order valence-electron chi connectivity index (χ1n) is 17.4. The van der Waals surface area contributed by atoms with Crippen LogP contribution in [0.2, 0.25) is 0 Å². The van der Waals surface area contributed by atoms with Crippen LogP contribution in [0.15, 0.2) is 108 Å². The van der Waals surface area contributed by atoms with Crippen molar-refractivity contribution in [2.45, 2.75) is 30.7 Å². The van der Waals surface area contributed by atoms with E-state index in [1.165, 1.54) is 32.1 Å². The number of nitrogen functional groups attached to an aromatic ring is 1. The number of hydrogen-bond donors (Lipinski definition) is 2. The van der Waals surface area contributed by atoms with Crippen molar-refractivity contribution in [2.75, 3.05) is 21.3 Å². The van der Waals surface area contributed by atoms with Crippen molar-refractivity contribution >= 4 is 37.4 Å². The summed E-state index contributed by atoms with van der Waals surface area (Å²) in [7, 11) is -0.654. The monoisotopic (exact) mass is 828 g/mol. The standard InChI is InChI=1S/C40H35F3N8O5S2/c1-54-27-13-7-24(8-14-27)21-50(22-25-9-15-28(55-2)16-10-25)58(52,53)36-32(40(41,42)43)20-19-30(31-5-4-6-33-35(31)46-39(57-33)37(44)45)34(36)38-47-48-49-51(38)23-26-11-17-29(56-3)18-12-26/h4-20H,21-23H2,1-3H3,(H3,44,45). The molecule has 2 aromatic heterocycles. The lowest BCUT2D eigenvalue weighted by molar-refractivity contribution is -0.139. The smallest absolute Gasteiger partial charge is 0.417 e. The molecule has 7 aromatic rings. The van der Waals surface area contributed by atoms with E-state index in [1.807, 2.05) is 0 Å². The summed E-state index contributed by atoms with van der Waals surface area (Å²) < 4.78 is 96.0. The molecule has 58 heavy (non-hydrogen) atoms. The Morgan fingerprint density at radius 3 is 1.86 bits per heavy atom. The van der Waals surface area contributed by atoms with Crippen LogP contribution in [0.1, 0.15) is 27.3 Å². The first-order chi connectivity index (χ1) is 27.8. The van der Waals surface area contributed by atoms with Gasteiger partial charge in [-0.15, -0.1) is 16.4 Å². The van der Waals surface area contributed by atoms with E-state index in [9.17, 15) is 0 Å². The Bertz CT molecular complexity index is 2650. The minimum atomic E-state index is -5.16. The maximum absolute atomic E-state index is 15.5. The van der Waals surface area contributed by atoms with E-state index in [2.05, 4.69) is 20.5 Å². The van der Waals surface area contributed by atoms with Crippen LogP contribution >= 0.6 is 11.3 Å². The lowest BCUT2D eigenvalue weighted by Crippen LogP contribution is -2.32. The summed E-state index contributed by atoms with van der Waals surface area (Å²) in [5, 5.41) is 20.4. The third-order valence-electron chi connectivity index (χ3n) is 9.28. The van der Waals surface area contributed by atoms with Crippen molar-refractivity contribution in [3.05, 3.63) is 130 Å². The van der Waals surface area contributed by atoms with Gasteiger partial charge < -0.3 is 19.9 Å². The second kappa shape index (κ2) is 16.2. The highest BCUT2D eigenvalue weighted by Gasteiger charge is 2.43. The molecule has 0 atom stereocenters. The van der Waals surface area contributed by atoms with E-state index in [-0.39, 0.29) is 47.4 Å². The third kappa shape index (κ3) is 8.07. The number of nitrogens with one attached hydrogen (secondary N) is 1. The molecule has 7 rings (SSSR count). The zero-order valence-electron chi connectivity index (χ0n) is 31.2. The highest BCUT2D eigenvalue weighted by Crippen LogP contribution is 2.47. The van der Waals surface area contributed by atoms with E-state index in [0.717, 1.165) is 21.7 Å². The fourth-order valence-corrected chi connectivity index (χ4v) is 9.09. The minimum absolute atomic E-state index is 0.0434. The molecule has 3 N–H and O–H groups in total. The number of benzene rings is 5. The van der Waals surface area contributed by atoms with Crippen molar-refractivity contribution in [1.82, 2.24) is 29.5 Å². The molecule has 0 saturated carbocycles. The number of alkyl halides is 3. The number of aromatic nitrogens is 5. The summed E-state index contributed by atoms with van der Waals surface area (Å²) in [6.45, 7) is -0.683. The predicted octanol–water partition coefficient (Wildman–Crippen LogP) is 7.38. The van der Waals surface area contributed by atoms with Gasteiger partial charge in [-0.2, -0.15) is 17.5 Å². The first-order valence-corrected chi connectivity index (χ1v) is 19.7. The number of nitrogens with two attached hydrogens (primary N) is 1. The first kappa shape index (κ1) is 39.8. The van der Waals surface area contributed by atoms with E-state index >= 15 is 21.6 Å². The Morgan fingerprint density at radius 2 is 1.34 bits per heavy atom. The topological polar surface area (TPSA) is 171 Å². The third-order valence-corrected chi connectivity index (χ3v) is 12.2. The molecule has 298 valence electrons. The largest absolute Gasteiger partial charge is 0.497 e. The van der Waals surface area contributed by atoms with E-state index in [4.69, 9.17) is 25.4 Å². The maximum Gasteiger partial charge on any atom is 0.417 e. The number of sulfonamides is 1. The van der Waals surface area contributed by atoms with Gasteiger partial charge in [-0.25, -0.2) is 18.1 Å². The molecule has 0 aliphatic carbocycles. The number of tetrazole rings is 1. The summed E-state index contributed by atoms with van der Waals surface area (Å²) in [5.41, 5.74) is 6.22. The summed E-state index contributed by atoms with van der Waals surface area (Å²) in [5.74, 6) is 1.04. The Morgan fingerprint density at radius 1 is 0.793 bits per heavy atom. The molecule has 0 aliphatic rings. The SMILES string of the molecule is COc1ccc(CN(Cc2ccc(OC)cc2)S(=O)(=O)c2c(C(F)(F)F)ccc(-c3cccc4sc(C(=N)N)nc34)c2-c2nnnn2Cc2ccc(OC)cc2)cc1. The normalized spacial score (nSPS) is 11.9. The summed E-state index contributed by atoms with van der Waals surface area (Å²) in [6.07, 6.45) is -5.16. The van der Waals surface area contributed by atoms with Gasteiger partial charge in [0.05, 0.1) is 43.7 Å². The number of amidine groups is 1. The molecule has 5 aromatic carbocycles. The van der Waals surface area contributed by atoms with Crippen LogP contribution in [0, 0.1) is 5.41 Å². The van der Waals surface area contributed by atoms with Crippen molar-refractivity contribution < 1.29 is 35.8 Å². The lowest BCUT2D eigenvalue weighted by Gasteiger charge is -2.27. The Balaban J connectivity index is 1.52. The van der Waals surface area contributed by atoms with Crippen LogP contribution in [-0.2, 0) is 35.8 Å². The molecule has 0 unspecified atom stereocenters. The highest BCUT2D eigenvalue weighted by molar-refractivity contribution is 7.89. The summed E-state index contributed by atoms with van der Waals surface area (Å²) >= 11 is 1.11. The summed E-state index contributed by atoms with van der Waals surface area (Å²) in [4.78, 5) is 3.50. The fourth-order valence-electron chi connectivity index (χ4n) is 6.42. The molecule has 0 radical (unpaired) electrons. The zero-order chi connectivity index (χ0) is 41.2. The van der Waals surface area contributed by atoms with Crippen LogP contribution in [0.4, 0.5) is 13.2 Å². The van der Waals surface area contributed by atoms with E-state index in [0.29, 0.717) is 44.2 Å². The molecule has 0 fully saturated rings. The lowest BCUT2D eigenvalue weighted by atomic mass is 9.95. The number of para-hydroxylation sites is 1. The Labute approximate surface area is 335 Å². The quantitative estimate of drug-likeness (QED) is 0.0833. The van der Waals surface area contributed by atoms with Crippen LogP contribution in [-0.4, -0.2) is 65.1 Å². The van der Waals surface area contributed by atoms with Gasteiger partial charge in [0.25, 0.3) is 0 Å². The molecule has 18 heteroatoms. The number of halogens is 3. The minimum Gasteiger partial charge on any atom is -0.497 e. The second-order valence-corrected chi connectivity index (χ2v) is 15.8. The second-order valence-electron chi connectivity index (χ2n) is 12.9.